The molecule has 0 heterocycles. The van der Waals surface area contributed by atoms with Crippen LogP contribution in [0, 0.1) is 11.3 Å². The second-order valence-electron chi connectivity index (χ2n) is 5.71. The Balaban J connectivity index is 5.77. The Morgan fingerprint density at radius 1 is 1.17 bits per heavy atom. The van der Waals surface area contributed by atoms with E-state index in [4.69, 9.17) is 5.11 Å². The molecule has 3 N–H and O–H groups in total. The van der Waals surface area contributed by atoms with Crippen LogP contribution in [0.3, 0.4) is 0 Å². The van der Waals surface area contributed by atoms with Crippen LogP contribution in [-0.2, 0) is 14.4 Å². The normalized spacial score (nSPS) is 15.7. The summed E-state index contributed by atoms with van der Waals surface area (Å²) in [5.74, 6) is -3.77. The first-order chi connectivity index (χ1) is 11.2. The average Bonchev–Trinajstić information content (AvgIpc) is 2.52. The van der Waals surface area contributed by atoms with E-state index in [2.05, 4.69) is 6.58 Å². The van der Waals surface area contributed by atoms with Crippen molar-refractivity contribution in [3.63, 3.8) is 0 Å². The minimum Gasteiger partial charge on any atom is -0.480 e. The van der Waals surface area contributed by atoms with E-state index >= 15 is 0 Å². The lowest BCUT2D eigenvalue weighted by Crippen LogP contribution is -2.26. The highest BCUT2D eigenvalue weighted by Gasteiger charge is 2.32. The van der Waals surface area contributed by atoms with E-state index in [-0.39, 0.29) is 17.9 Å². The van der Waals surface area contributed by atoms with E-state index in [9.17, 15) is 24.6 Å². The predicted octanol–water partition coefficient (Wildman–Crippen LogP) is 3.50. The number of rotatable bonds is 12. The van der Waals surface area contributed by atoms with Gasteiger partial charge in [0, 0.05) is 11.6 Å². The molecule has 0 aliphatic carbocycles. The minimum atomic E-state index is -1.87. The number of aliphatic carboxylic acids is 3. The number of unbranched alkanes of at least 4 members (excludes halogenated alkanes) is 1. The van der Waals surface area contributed by atoms with Gasteiger partial charge in [0.25, 0.3) is 0 Å². The molecule has 0 fully saturated rings. The third-order valence-corrected chi connectivity index (χ3v) is 3.95. The van der Waals surface area contributed by atoms with Crippen LogP contribution in [0.5, 0.6) is 0 Å². The molecule has 0 saturated heterocycles. The highest BCUT2D eigenvalue weighted by atomic mass is 16.4. The molecule has 24 heavy (non-hydrogen) atoms. The monoisotopic (exact) mass is 338 g/mol. The number of hydrogen-bond acceptors (Lipinski definition) is 3. The molecular formula is C18H26O6. The second kappa shape index (κ2) is 10.4. The Morgan fingerprint density at radius 2 is 1.79 bits per heavy atom. The van der Waals surface area contributed by atoms with E-state index in [1.54, 1.807) is 0 Å². The standard InChI is InChI=1S/C18H26O6/c1-4-7-8-13(5-2)11-14(16(21)22)12-18(6-3,17(23)24)10-9-15(19)20/h6,9-10,12-13H,3-5,7-8,11H2,1-2H3,(H,19,20)(H,21,22)(H,23,24). The highest BCUT2D eigenvalue weighted by molar-refractivity contribution is 5.91. The van der Waals surface area contributed by atoms with Crippen molar-refractivity contribution < 1.29 is 29.7 Å². The lowest BCUT2D eigenvalue weighted by molar-refractivity contribution is -0.141. The molecule has 0 aromatic carbocycles. The topological polar surface area (TPSA) is 112 Å². The summed E-state index contributed by atoms with van der Waals surface area (Å²) in [6.45, 7) is 7.44. The molecule has 6 nitrogen and oxygen atoms in total. The fraction of sp³-hybridized carbons (Fsp3) is 0.500. The lowest BCUT2D eigenvalue weighted by atomic mass is 9.82. The zero-order valence-corrected chi connectivity index (χ0v) is 14.2. The van der Waals surface area contributed by atoms with Gasteiger partial charge in [-0.25, -0.2) is 9.59 Å². The van der Waals surface area contributed by atoms with Crippen molar-refractivity contribution >= 4 is 17.9 Å². The number of carboxylic acid groups (broad SMARTS) is 3. The number of hydrogen-bond donors (Lipinski definition) is 3. The van der Waals surface area contributed by atoms with Crippen molar-refractivity contribution in [2.24, 2.45) is 11.3 Å². The number of carbonyl (C=O) groups is 3. The first kappa shape index (κ1) is 21.6. The average molecular weight is 338 g/mol. The summed E-state index contributed by atoms with van der Waals surface area (Å²) in [6.07, 6.45) is 7.56. The maximum absolute atomic E-state index is 11.6. The first-order valence-corrected chi connectivity index (χ1v) is 7.96. The van der Waals surface area contributed by atoms with Gasteiger partial charge >= 0.3 is 17.9 Å². The van der Waals surface area contributed by atoms with Gasteiger partial charge in [-0.1, -0.05) is 51.7 Å². The summed E-state index contributed by atoms with van der Waals surface area (Å²) in [5.41, 5.74) is -1.91. The van der Waals surface area contributed by atoms with Crippen LogP contribution < -0.4 is 0 Å². The molecule has 0 aromatic rings. The third kappa shape index (κ3) is 6.81. The van der Waals surface area contributed by atoms with Gasteiger partial charge in [0.05, 0.1) is 0 Å². The van der Waals surface area contributed by atoms with E-state index in [0.717, 1.165) is 43.9 Å². The Kier molecular flexibility index (Phi) is 9.38. The van der Waals surface area contributed by atoms with Crippen molar-refractivity contribution in [2.75, 3.05) is 0 Å². The molecule has 6 heteroatoms. The molecule has 0 aliphatic rings. The molecule has 0 rings (SSSR count). The van der Waals surface area contributed by atoms with E-state index in [0.29, 0.717) is 6.08 Å². The van der Waals surface area contributed by atoms with Crippen molar-refractivity contribution in [1.82, 2.24) is 0 Å². The van der Waals surface area contributed by atoms with Crippen molar-refractivity contribution in [2.45, 2.75) is 46.0 Å². The fourth-order valence-electron chi connectivity index (χ4n) is 2.36. The van der Waals surface area contributed by atoms with E-state index in [1.807, 2.05) is 13.8 Å². The van der Waals surface area contributed by atoms with Gasteiger partial charge in [0.1, 0.15) is 5.41 Å². The van der Waals surface area contributed by atoms with Crippen LogP contribution >= 0.6 is 0 Å². The zero-order chi connectivity index (χ0) is 18.8. The summed E-state index contributed by atoms with van der Waals surface area (Å²) in [5, 5.41) is 27.6. The van der Waals surface area contributed by atoms with E-state index in [1.165, 1.54) is 0 Å². The summed E-state index contributed by atoms with van der Waals surface area (Å²) in [7, 11) is 0. The summed E-state index contributed by atoms with van der Waals surface area (Å²) in [4.78, 5) is 33.8. The molecule has 134 valence electrons. The summed E-state index contributed by atoms with van der Waals surface area (Å²) >= 11 is 0. The molecule has 2 unspecified atom stereocenters. The third-order valence-electron chi connectivity index (χ3n) is 3.95. The van der Waals surface area contributed by atoms with Gasteiger partial charge in [0.2, 0.25) is 0 Å². The van der Waals surface area contributed by atoms with Crippen LogP contribution in [0.4, 0.5) is 0 Å². The van der Waals surface area contributed by atoms with Crippen LogP contribution in [-0.4, -0.2) is 33.2 Å². The van der Waals surface area contributed by atoms with Gasteiger partial charge in [-0.05, 0) is 18.4 Å². The SMILES string of the molecule is C=CC(C=CC(=O)O)(C=C(CC(CC)CCCC)C(=O)O)C(=O)O. The summed E-state index contributed by atoms with van der Waals surface area (Å²) < 4.78 is 0. The zero-order valence-electron chi connectivity index (χ0n) is 14.2. The van der Waals surface area contributed by atoms with Crippen LogP contribution in [0.1, 0.15) is 46.0 Å². The Morgan fingerprint density at radius 3 is 2.17 bits per heavy atom. The van der Waals surface area contributed by atoms with Crippen LogP contribution in [0.2, 0.25) is 0 Å². The molecule has 0 amide bonds. The predicted molar refractivity (Wildman–Crippen MR) is 90.7 cm³/mol. The summed E-state index contributed by atoms with van der Waals surface area (Å²) in [6, 6.07) is 0. The quantitative estimate of drug-likeness (QED) is 0.371. The minimum absolute atomic E-state index is 0.0460. The maximum atomic E-state index is 11.6. The molecular weight excluding hydrogens is 312 g/mol. The van der Waals surface area contributed by atoms with Gasteiger partial charge < -0.3 is 15.3 Å². The van der Waals surface area contributed by atoms with E-state index < -0.39 is 23.3 Å². The van der Waals surface area contributed by atoms with Crippen LogP contribution in [0.25, 0.3) is 0 Å². The highest BCUT2D eigenvalue weighted by Crippen LogP contribution is 2.29. The van der Waals surface area contributed by atoms with Gasteiger partial charge in [-0.15, -0.1) is 6.58 Å². The smallest absolute Gasteiger partial charge is 0.331 e. The molecule has 0 aliphatic heterocycles. The molecule has 2 atom stereocenters. The molecule has 0 radical (unpaired) electrons. The largest absolute Gasteiger partial charge is 0.480 e. The van der Waals surface area contributed by atoms with Crippen molar-refractivity contribution in [3.8, 4) is 0 Å². The van der Waals surface area contributed by atoms with Gasteiger partial charge in [0.15, 0.2) is 0 Å². The molecule has 0 saturated carbocycles. The molecule has 0 spiro atoms. The lowest BCUT2D eigenvalue weighted by Gasteiger charge is -2.21. The van der Waals surface area contributed by atoms with Crippen LogP contribution in [0.15, 0.2) is 36.5 Å². The maximum Gasteiger partial charge on any atom is 0.331 e. The second-order valence-corrected chi connectivity index (χ2v) is 5.71. The van der Waals surface area contributed by atoms with Crippen molar-refractivity contribution in [3.05, 3.63) is 36.5 Å². The van der Waals surface area contributed by atoms with Gasteiger partial charge in [-0.3, -0.25) is 4.79 Å². The number of carboxylic acids is 3. The Bertz CT molecular complexity index is 532. The molecule has 0 bridgehead atoms. The molecule has 0 aromatic heterocycles. The first-order valence-electron chi connectivity index (χ1n) is 7.96. The Labute approximate surface area is 142 Å². The fourth-order valence-corrected chi connectivity index (χ4v) is 2.36. The van der Waals surface area contributed by atoms with Crippen molar-refractivity contribution in [1.29, 1.82) is 0 Å². The van der Waals surface area contributed by atoms with Gasteiger partial charge in [-0.2, -0.15) is 0 Å². The Hall–Kier alpha value is -2.37.